The van der Waals surface area contributed by atoms with Gasteiger partial charge in [0.25, 0.3) is 5.69 Å². The predicted molar refractivity (Wildman–Crippen MR) is 108 cm³/mol. The van der Waals surface area contributed by atoms with Crippen molar-refractivity contribution in [3.63, 3.8) is 0 Å². The largest absolute Gasteiger partial charge is 0.462 e. The van der Waals surface area contributed by atoms with Crippen LogP contribution in [0.15, 0.2) is 40.7 Å². The lowest BCUT2D eigenvalue weighted by atomic mass is 9.75. The van der Waals surface area contributed by atoms with Gasteiger partial charge in [-0.25, -0.2) is 4.79 Å². The SMILES string of the molecule is CC1=C(C(=O)OCC(C)C)[C@@H](c2cc([N+](=O)[O-])ccc2Cl)C2=C(CCCC2=O)N1. The summed E-state index contributed by atoms with van der Waals surface area (Å²) < 4.78 is 5.45. The van der Waals surface area contributed by atoms with Crippen molar-refractivity contribution in [2.75, 3.05) is 6.61 Å². The number of dihydropyridines is 1. The second kappa shape index (κ2) is 8.37. The number of nitro groups is 1. The fourth-order valence-corrected chi connectivity index (χ4v) is 3.98. The van der Waals surface area contributed by atoms with Crippen LogP contribution in [-0.2, 0) is 14.3 Å². The monoisotopic (exact) mass is 418 g/mol. The van der Waals surface area contributed by atoms with Crippen LogP contribution in [0.5, 0.6) is 0 Å². The number of Topliss-reactive ketones (excluding diaryl/α,β-unsaturated/α-hetero) is 1. The number of hydrogen-bond acceptors (Lipinski definition) is 6. The zero-order chi connectivity index (χ0) is 21.3. The third-order valence-electron chi connectivity index (χ3n) is 5.04. The number of nitrogens with zero attached hydrogens (tertiary/aromatic N) is 1. The molecule has 0 saturated heterocycles. The minimum absolute atomic E-state index is 0.0898. The zero-order valence-electron chi connectivity index (χ0n) is 16.6. The van der Waals surface area contributed by atoms with E-state index >= 15 is 0 Å². The molecule has 1 atom stereocenters. The number of nitro benzene ring substituents is 1. The van der Waals surface area contributed by atoms with Crippen molar-refractivity contribution in [3.05, 3.63) is 61.4 Å². The van der Waals surface area contributed by atoms with Crippen molar-refractivity contribution < 1.29 is 19.2 Å². The van der Waals surface area contributed by atoms with Crippen molar-refractivity contribution in [1.29, 1.82) is 0 Å². The number of non-ortho nitro benzene ring substituents is 1. The summed E-state index contributed by atoms with van der Waals surface area (Å²) in [6, 6.07) is 4.07. The molecule has 0 bridgehead atoms. The van der Waals surface area contributed by atoms with Crippen molar-refractivity contribution >= 4 is 29.0 Å². The third-order valence-corrected chi connectivity index (χ3v) is 5.39. The van der Waals surface area contributed by atoms with Crippen LogP contribution in [0.1, 0.15) is 51.5 Å². The number of rotatable bonds is 5. The lowest BCUT2D eigenvalue weighted by Gasteiger charge is -2.34. The molecular weight excluding hydrogens is 396 g/mol. The summed E-state index contributed by atoms with van der Waals surface area (Å²) in [6.07, 6.45) is 1.73. The molecule has 1 aromatic rings. The fourth-order valence-electron chi connectivity index (χ4n) is 3.75. The molecule has 1 aromatic carbocycles. The Morgan fingerprint density at radius 3 is 2.76 bits per heavy atom. The lowest BCUT2D eigenvalue weighted by Crippen LogP contribution is -2.34. The van der Waals surface area contributed by atoms with Crippen LogP contribution in [0.4, 0.5) is 5.69 Å². The molecular formula is C21H23ClN2O5. The van der Waals surface area contributed by atoms with Crippen LogP contribution in [0, 0.1) is 16.0 Å². The van der Waals surface area contributed by atoms with Gasteiger partial charge in [0.05, 0.1) is 17.1 Å². The molecule has 0 saturated carbocycles. The summed E-state index contributed by atoms with van der Waals surface area (Å²) in [7, 11) is 0. The first kappa shape index (κ1) is 21.0. The number of allylic oxidation sites excluding steroid dienone is 3. The van der Waals surface area contributed by atoms with Crippen LogP contribution in [-0.4, -0.2) is 23.3 Å². The van der Waals surface area contributed by atoms with Crippen molar-refractivity contribution in [1.82, 2.24) is 5.32 Å². The number of halogens is 1. The highest BCUT2D eigenvalue weighted by molar-refractivity contribution is 6.31. The van der Waals surface area contributed by atoms with Crippen LogP contribution in [0.2, 0.25) is 5.02 Å². The van der Waals surface area contributed by atoms with Crippen molar-refractivity contribution in [2.24, 2.45) is 5.92 Å². The van der Waals surface area contributed by atoms with Gasteiger partial charge in [-0.05, 0) is 37.3 Å². The van der Waals surface area contributed by atoms with E-state index in [2.05, 4.69) is 5.32 Å². The maximum atomic E-state index is 13.0. The van der Waals surface area contributed by atoms with E-state index in [-0.39, 0.29) is 34.6 Å². The Labute approximate surface area is 173 Å². The molecule has 2 aliphatic rings. The zero-order valence-corrected chi connectivity index (χ0v) is 17.3. The molecule has 29 heavy (non-hydrogen) atoms. The standard InChI is InChI=1S/C21H23ClN2O5/c1-11(2)10-29-21(26)18-12(3)23-16-5-4-6-17(25)20(16)19(18)14-9-13(24(27)28)7-8-15(14)22/h7-9,11,19,23H,4-6,10H2,1-3H3/t19-/m1/s1. The molecule has 3 rings (SSSR count). The third kappa shape index (κ3) is 4.19. The van der Waals surface area contributed by atoms with Crippen molar-refractivity contribution in [2.45, 2.75) is 46.0 Å². The van der Waals surface area contributed by atoms with Gasteiger partial charge in [-0.3, -0.25) is 14.9 Å². The topological polar surface area (TPSA) is 98.5 Å². The summed E-state index contributed by atoms with van der Waals surface area (Å²) in [6.45, 7) is 5.82. The Balaban J connectivity index is 2.17. The number of benzene rings is 1. The molecule has 0 fully saturated rings. The van der Waals surface area contributed by atoms with Gasteiger partial charge in [0.2, 0.25) is 0 Å². The molecule has 0 aromatic heterocycles. The normalized spacial score (nSPS) is 19.2. The van der Waals surface area contributed by atoms with Gasteiger partial charge in [0.15, 0.2) is 5.78 Å². The van der Waals surface area contributed by atoms with Crippen LogP contribution in [0.25, 0.3) is 0 Å². The van der Waals surface area contributed by atoms with Gasteiger partial charge in [0.1, 0.15) is 0 Å². The molecule has 7 nitrogen and oxygen atoms in total. The molecule has 1 aliphatic heterocycles. The van der Waals surface area contributed by atoms with E-state index in [1.807, 2.05) is 13.8 Å². The second-order valence-electron chi connectivity index (χ2n) is 7.72. The first-order chi connectivity index (χ1) is 13.7. The van der Waals surface area contributed by atoms with E-state index in [1.165, 1.54) is 18.2 Å². The smallest absolute Gasteiger partial charge is 0.336 e. The van der Waals surface area contributed by atoms with Crippen LogP contribution < -0.4 is 5.32 Å². The van der Waals surface area contributed by atoms with E-state index in [0.29, 0.717) is 36.1 Å². The Kier molecular flexibility index (Phi) is 6.07. The van der Waals surface area contributed by atoms with E-state index in [4.69, 9.17) is 16.3 Å². The molecule has 1 aliphatic carbocycles. The first-order valence-electron chi connectivity index (χ1n) is 9.55. The summed E-state index contributed by atoms with van der Waals surface area (Å²) in [5, 5.41) is 14.8. The van der Waals surface area contributed by atoms with E-state index in [9.17, 15) is 19.7 Å². The number of nitrogens with one attached hydrogen (secondary N) is 1. The van der Waals surface area contributed by atoms with Gasteiger partial charge in [-0.2, -0.15) is 0 Å². The van der Waals surface area contributed by atoms with Gasteiger partial charge in [0, 0.05) is 46.5 Å². The number of ether oxygens (including phenoxy) is 1. The lowest BCUT2D eigenvalue weighted by molar-refractivity contribution is -0.384. The average molecular weight is 419 g/mol. The maximum absolute atomic E-state index is 13.0. The summed E-state index contributed by atoms with van der Waals surface area (Å²) in [5.41, 5.74) is 2.23. The summed E-state index contributed by atoms with van der Waals surface area (Å²) >= 11 is 6.41. The molecule has 0 radical (unpaired) electrons. The quantitative estimate of drug-likeness (QED) is 0.432. The molecule has 0 unspecified atom stereocenters. The average Bonchev–Trinajstić information content (AvgIpc) is 2.65. The van der Waals surface area contributed by atoms with Crippen LogP contribution in [0.3, 0.4) is 0 Å². The van der Waals surface area contributed by atoms with Crippen molar-refractivity contribution in [3.8, 4) is 0 Å². The van der Waals surface area contributed by atoms with Gasteiger partial charge in [-0.1, -0.05) is 25.4 Å². The van der Waals surface area contributed by atoms with E-state index in [0.717, 1.165) is 5.70 Å². The van der Waals surface area contributed by atoms with Gasteiger partial charge in [-0.15, -0.1) is 0 Å². The predicted octanol–water partition coefficient (Wildman–Crippen LogP) is 4.42. The summed E-state index contributed by atoms with van der Waals surface area (Å²) in [5.74, 6) is -1.30. The maximum Gasteiger partial charge on any atom is 0.336 e. The molecule has 8 heteroatoms. The number of carbonyl (C=O) groups is 2. The minimum atomic E-state index is -0.800. The molecule has 154 valence electrons. The second-order valence-corrected chi connectivity index (χ2v) is 8.13. The molecule has 0 amide bonds. The Bertz CT molecular complexity index is 948. The Morgan fingerprint density at radius 2 is 2.10 bits per heavy atom. The highest BCUT2D eigenvalue weighted by atomic mass is 35.5. The van der Waals surface area contributed by atoms with Crippen LogP contribution >= 0.6 is 11.6 Å². The number of carbonyl (C=O) groups excluding carboxylic acids is 2. The number of hydrogen-bond donors (Lipinski definition) is 1. The minimum Gasteiger partial charge on any atom is -0.462 e. The Morgan fingerprint density at radius 1 is 1.38 bits per heavy atom. The van der Waals surface area contributed by atoms with Gasteiger partial charge < -0.3 is 10.1 Å². The van der Waals surface area contributed by atoms with E-state index < -0.39 is 16.8 Å². The first-order valence-corrected chi connectivity index (χ1v) is 9.93. The number of ketones is 1. The van der Waals surface area contributed by atoms with E-state index in [1.54, 1.807) is 6.92 Å². The highest BCUT2D eigenvalue weighted by Crippen LogP contribution is 2.45. The highest BCUT2D eigenvalue weighted by Gasteiger charge is 2.40. The number of esters is 1. The van der Waals surface area contributed by atoms with Gasteiger partial charge >= 0.3 is 5.97 Å². The Hall–Kier alpha value is -2.67. The fraction of sp³-hybridized carbons (Fsp3) is 0.429. The molecule has 1 heterocycles. The molecule has 1 N–H and O–H groups in total. The summed E-state index contributed by atoms with van der Waals surface area (Å²) in [4.78, 5) is 36.6. The molecule has 0 spiro atoms.